The molecule has 0 bridgehead atoms. The van der Waals surface area contributed by atoms with E-state index < -0.39 is 0 Å². The van der Waals surface area contributed by atoms with Gasteiger partial charge in [-0.1, -0.05) is 6.07 Å². The molecule has 0 aromatic carbocycles. The third-order valence-electron chi connectivity index (χ3n) is 3.73. The van der Waals surface area contributed by atoms with Gasteiger partial charge in [-0.25, -0.2) is 0 Å². The van der Waals surface area contributed by atoms with E-state index in [0.29, 0.717) is 12.4 Å². The molecule has 0 saturated heterocycles. The number of rotatable bonds is 6. The molecule has 0 saturated carbocycles. The predicted octanol–water partition coefficient (Wildman–Crippen LogP) is 1.63. The van der Waals surface area contributed by atoms with E-state index in [1.54, 1.807) is 16.9 Å². The van der Waals surface area contributed by atoms with Gasteiger partial charge >= 0.3 is 0 Å². The van der Waals surface area contributed by atoms with Gasteiger partial charge in [-0.15, -0.1) is 0 Å². The minimum atomic E-state index is -0.0641. The van der Waals surface area contributed by atoms with Crippen molar-refractivity contribution in [1.82, 2.24) is 19.7 Å². The third-order valence-corrected chi connectivity index (χ3v) is 3.73. The maximum atomic E-state index is 12.0. The zero-order valence-corrected chi connectivity index (χ0v) is 13.6. The number of aromatic nitrogens is 3. The molecular weight excluding hydrogens is 278 g/mol. The molecule has 6 heteroatoms. The molecule has 22 heavy (non-hydrogen) atoms. The summed E-state index contributed by atoms with van der Waals surface area (Å²) in [7, 11) is 3.76. The smallest absolute Gasteiger partial charge is 0.239 e. The van der Waals surface area contributed by atoms with Gasteiger partial charge in [-0.2, -0.15) is 5.10 Å². The number of pyridine rings is 1. The summed E-state index contributed by atoms with van der Waals surface area (Å²) in [6.45, 7) is 4.48. The van der Waals surface area contributed by atoms with Crippen LogP contribution in [0, 0.1) is 6.92 Å². The van der Waals surface area contributed by atoms with Crippen LogP contribution in [0.4, 0.5) is 5.82 Å². The summed E-state index contributed by atoms with van der Waals surface area (Å²) in [5, 5.41) is 6.93. The van der Waals surface area contributed by atoms with Crippen LogP contribution in [-0.2, 0) is 18.3 Å². The van der Waals surface area contributed by atoms with E-state index in [4.69, 9.17) is 0 Å². The van der Waals surface area contributed by atoms with Gasteiger partial charge in [-0.3, -0.25) is 19.4 Å². The minimum Gasteiger partial charge on any atom is -0.308 e. The largest absolute Gasteiger partial charge is 0.308 e. The molecule has 0 aliphatic heterocycles. The second kappa shape index (κ2) is 7.17. The van der Waals surface area contributed by atoms with E-state index in [2.05, 4.69) is 35.3 Å². The van der Waals surface area contributed by atoms with E-state index >= 15 is 0 Å². The van der Waals surface area contributed by atoms with Crippen molar-refractivity contribution in [1.29, 1.82) is 0 Å². The van der Waals surface area contributed by atoms with Crippen LogP contribution in [0.3, 0.4) is 0 Å². The zero-order valence-electron chi connectivity index (χ0n) is 13.6. The SMILES string of the molecule is Cc1cccnc1C[C@@H](C)N(C)CC(=O)Nc1ccn(C)n1. The highest BCUT2D eigenvalue weighted by atomic mass is 16.2. The van der Waals surface area contributed by atoms with Crippen molar-refractivity contribution in [3.8, 4) is 0 Å². The predicted molar refractivity (Wildman–Crippen MR) is 86.6 cm³/mol. The molecule has 2 aromatic rings. The highest BCUT2D eigenvalue weighted by molar-refractivity contribution is 5.91. The Morgan fingerprint density at radius 2 is 2.23 bits per heavy atom. The van der Waals surface area contributed by atoms with Crippen LogP contribution >= 0.6 is 0 Å². The summed E-state index contributed by atoms with van der Waals surface area (Å²) in [5.74, 6) is 0.514. The molecule has 0 spiro atoms. The normalized spacial score (nSPS) is 12.4. The zero-order chi connectivity index (χ0) is 16.1. The number of anilines is 1. The summed E-state index contributed by atoms with van der Waals surface area (Å²) in [6.07, 6.45) is 4.43. The van der Waals surface area contributed by atoms with Gasteiger partial charge in [0.1, 0.15) is 0 Å². The van der Waals surface area contributed by atoms with Crippen molar-refractivity contribution >= 4 is 11.7 Å². The molecular formula is C16H23N5O. The fourth-order valence-corrected chi connectivity index (χ4v) is 2.21. The van der Waals surface area contributed by atoms with Gasteiger partial charge < -0.3 is 5.32 Å². The van der Waals surface area contributed by atoms with Crippen molar-refractivity contribution in [3.63, 3.8) is 0 Å². The minimum absolute atomic E-state index is 0.0641. The molecule has 0 aliphatic rings. The first kappa shape index (κ1) is 16.2. The average Bonchev–Trinajstić information content (AvgIpc) is 2.86. The number of amides is 1. The highest BCUT2D eigenvalue weighted by Crippen LogP contribution is 2.10. The number of carbonyl (C=O) groups is 1. The topological polar surface area (TPSA) is 63.1 Å². The molecule has 1 amide bonds. The average molecular weight is 301 g/mol. The lowest BCUT2D eigenvalue weighted by atomic mass is 10.1. The third kappa shape index (κ3) is 4.39. The van der Waals surface area contributed by atoms with Crippen molar-refractivity contribution in [2.45, 2.75) is 26.3 Å². The summed E-state index contributed by atoms with van der Waals surface area (Å²) >= 11 is 0. The van der Waals surface area contributed by atoms with Crippen LogP contribution in [0.1, 0.15) is 18.2 Å². The number of nitrogens with one attached hydrogen (secondary N) is 1. The van der Waals surface area contributed by atoms with Crippen molar-refractivity contribution in [3.05, 3.63) is 41.9 Å². The van der Waals surface area contributed by atoms with E-state index in [1.165, 1.54) is 5.56 Å². The monoisotopic (exact) mass is 301 g/mol. The molecule has 1 atom stereocenters. The molecule has 0 radical (unpaired) electrons. The van der Waals surface area contributed by atoms with Gasteiger partial charge in [0.25, 0.3) is 0 Å². The van der Waals surface area contributed by atoms with E-state index in [-0.39, 0.29) is 11.9 Å². The molecule has 118 valence electrons. The molecule has 2 rings (SSSR count). The van der Waals surface area contributed by atoms with Gasteiger partial charge in [0, 0.05) is 43.7 Å². The maximum absolute atomic E-state index is 12.0. The van der Waals surface area contributed by atoms with Crippen LogP contribution in [0.15, 0.2) is 30.6 Å². The molecule has 2 aromatic heterocycles. The quantitative estimate of drug-likeness (QED) is 0.881. The van der Waals surface area contributed by atoms with Gasteiger partial charge in [-0.05, 0) is 32.5 Å². The van der Waals surface area contributed by atoms with Crippen molar-refractivity contribution < 1.29 is 4.79 Å². The standard InChI is InChI=1S/C16H23N5O/c1-12-6-5-8-17-14(12)10-13(2)20(3)11-16(22)18-15-7-9-21(4)19-15/h5-9,13H,10-11H2,1-4H3,(H,18,19,22)/t13-/m1/s1. The van der Waals surface area contributed by atoms with E-state index in [9.17, 15) is 4.79 Å². The number of carbonyl (C=O) groups excluding carboxylic acids is 1. The lowest BCUT2D eigenvalue weighted by Crippen LogP contribution is -2.37. The first-order valence-electron chi connectivity index (χ1n) is 7.36. The second-order valence-electron chi connectivity index (χ2n) is 5.66. The van der Waals surface area contributed by atoms with E-state index in [0.717, 1.165) is 12.1 Å². The van der Waals surface area contributed by atoms with Gasteiger partial charge in [0.05, 0.1) is 6.54 Å². The van der Waals surface area contributed by atoms with E-state index in [1.807, 2.05) is 31.3 Å². The Labute approximate surface area is 131 Å². The number of aryl methyl sites for hydroxylation is 2. The number of hydrogen-bond donors (Lipinski definition) is 1. The highest BCUT2D eigenvalue weighted by Gasteiger charge is 2.15. The maximum Gasteiger partial charge on any atom is 0.239 e. The molecule has 0 aliphatic carbocycles. The fourth-order valence-electron chi connectivity index (χ4n) is 2.21. The summed E-state index contributed by atoms with van der Waals surface area (Å²) in [5.41, 5.74) is 2.26. The first-order chi connectivity index (χ1) is 10.5. The molecule has 1 N–H and O–H groups in total. The van der Waals surface area contributed by atoms with Crippen molar-refractivity contribution in [2.75, 3.05) is 18.9 Å². The molecule has 6 nitrogen and oxygen atoms in total. The van der Waals surface area contributed by atoms with Crippen LogP contribution in [0.5, 0.6) is 0 Å². The molecule has 2 heterocycles. The number of nitrogens with zero attached hydrogens (tertiary/aromatic N) is 4. The van der Waals surface area contributed by atoms with Gasteiger partial charge in [0.2, 0.25) is 5.91 Å². The number of hydrogen-bond acceptors (Lipinski definition) is 4. The summed E-state index contributed by atoms with van der Waals surface area (Å²) in [6, 6.07) is 6.00. The van der Waals surface area contributed by atoms with Crippen LogP contribution in [-0.4, -0.2) is 45.2 Å². The first-order valence-corrected chi connectivity index (χ1v) is 7.36. The molecule has 0 fully saturated rings. The Hall–Kier alpha value is -2.21. The number of likely N-dealkylation sites (N-methyl/N-ethyl adjacent to an activating group) is 1. The Kier molecular flexibility index (Phi) is 5.27. The summed E-state index contributed by atoms with van der Waals surface area (Å²) < 4.78 is 1.66. The lowest BCUT2D eigenvalue weighted by molar-refractivity contribution is -0.117. The molecule has 0 unspecified atom stereocenters. The van der Waals surface area contributed by atoms with Crippen LogP contribution in [0.2, 0.25) is 0 Å². The Bertz CT molecular complexity index is 637. The Balaban J connectivity index is 1.86. The summed E-state index contributed by atoms with van der Waals surface area (Å²) in [4.78, 5) is 18.5. The lowest BCUT2D eigenvalue weighted by Gasteiger charge is -2.24. The Morgan fingerprint density at radius 1 is 1.45 bits per heavy atom. The van der Waals surface area contributed by atoms with Crippen molar-refractivity contribution in [2.24, 2.45) is 7.05 Å². The van der Waals surface area contributed by atoms with Gasteiger partial charge in [0.15, 0.2) is 5.82 Å². The van der Waals surface area contributed by atoms with Crippen LogP contribution < -0.4 is 5.32 Å². The van der Waals surface area contributed by atoms with Crippen LogP contribution in [0.25, 0.3) is 0 Å². The fraction of sp³-hybridized carbons (Fsp3) is 0.438. The second-order valence-corrected chi connectivity index (χ2v) is 5.66. The Morgan fingerprint density at radius 3 is 2.86 bits per heavy atom.